The maximum Gasteiger partial charge on any atom is 0.255 e. The van der Waals surface area contributed by atoms with E-state index in [2.05, 4.69) is 33.5 Å². The molecule has 12 heteroatoms. The van der Waals surface area contributed by atoms with Crippen LogP contribution >= 0.6 is 0 Å². The van der Waals surface area contributed by atoms with Crippen molar-refractivity contribution in [3.63, 3.8) is 0 Å². The average Bonchev–Trinajstić information content (AvgIpc) is 3.11. The summed E-state index contributed by atoms with van der Waals surface area (Å²) in [5, 5.41) is 23.7. The Morgan fingerprint density at radius 2 is 1.46 bits per heavy atom. The quantitative estimate of drug-likeness (QED) is 0.146. The van der Waals surface area contributed by atoms with Crippen LogP contribution in [0.2, 0.25) is 0 Å². The van der Waals surface area contributed by atoms with E-state index in [0.717, 1.165) is 24.8 Å². The lowest BCUT2D eigenvalue weighted by molar-refractivity contribution is -0.132. The molecule has 1 aliphatic rings. The fourth-order valence-electron chi connectivity index (χ4n) is 5.73. The van der Waals surface area contributed by atoms with E-state index >= 15 is 0 Å². The van der Waals surface area contributed by atoms with Crippen molar-refractivity contribution >= 4 is 29.5 Å². The highest BCUT2D eigenvalue weighted by atomic mass is 16.5. The molecule has 0 fully saturated rings. The molecule has 0 radical (unpaired) electrons. The van der Waals surface area contributed by atoms with Crippen LogP contribution in [0.3, 0.4) is 0 Å². The SMILES string of the molecule is CCCCCCCCCC(=O)NCCCC[C@@H]1NC(=O)[C@H](C)NC(=O)[C@H](CO)NC(=O)c2ccccc2OC[C@H](Cc2ccccc2)NC1=O. The summed E-state index contributed by atoms with van der Waals surface area (Å²) in [6, 6.07) is 12.2. The first kappa shape index (κ1) is 40.0. The number of nitrogens with one attached hydrogen (secondary N) is 5. The minimum absolute atomic E-state index is 0.0106. The van der Waals surface area contributed by atoms with Gasteiger partial charge in [-0.15, -0.1) is 0 Å². The summed E-state index contributed by atoms with van der Waals surface area (Å²) in [7, 11) is 0. The van der Waals surface area contributed by atoms with E-state index in [1.807, 2.05) is 30.3 Å². The third kappa shape index (κ3) is 14.2. The third-order valence-corrected chi connectivity index (χ3v) is 8.68. The minimum Gasteiger partial charge on any atom is -0.491 e. The van der Waals surface area contributed by atoms with Gasteiger partial charge in [-0.25, -0.2) is 0 Å². The predicted molar refractivity (Wildman–Crippen MR) is 191 cm³/mol. The number of amides is 5. The molecule has 0 saturated heterocycles. The molecule has 0 spiro atoms. The Bertz CT molecular complexity index is 1370. The number of aliphatic hydroxyl groups is 1. The molecule has 1 aliphatic heterocycles. The highest BCUT2D eigenvalue weighted by molar-refractivity contribution is 6.00. The van der Waals surface area contributed by atoms with E-state index in [4.69, 9.17) is 4.74 Å². The van der Waals surface area contributed by atoms with Crippen LogP contribution in [-0.2, 0) is 25.6 Å². The Hall–Kier alpha value is -4.45. The van der Waals surface area contributed by atoms with Crippen molar-refractivity contribution in [3.8, 4) is 5.75 Å². The first-order chi connectivity index (χ1) is 24.2. The van der Waals surface area contributed by atoms with Gasteiger partial charge in [0.1, 0.15) is 30.5 Å². The molecule has 1 heterocycles. The zero-order chi connectivity index (χ0) is 36.1. The van der Waals surface area contributed by atoms with Gasteiger partial charge in [0.15, 0.2) is 0 Å². The van der Waals surface area contributed by atoms with Crippen LogP contribution in [0.1, 0.15) is 100 Å². The second-order valence-corrected chi connectivity index (χ2v) is 12.9. The normalized spacial score (nSPS) is 20.4. The molecule has 12 nitrogen and oxygen atoms in total. The maximum atomic E-state index is 13.8. The maximum absolute atomic E-state index is 13.8. The van der Waals surface area contributed by atoms with Gasteiger partial charge in [-0.2, -0.15) is 0 Å². The molecule has 3 rings (SSSR count). The molecular weight excluding hydrogens is 638 g/mol. The molecule has 0 aromatic heterocycles. The Morgan fingerprint density at radius 3 is 2.20 bits per heavy atom. The number of carbonyl (C=O) groups is 5. The van der Waals surface area contributed by atoms with Crippen molar-refractivity contribution in [2.45, 2.75) is 115 Å². The molecule has 2 aromatic rings. The highest BCUT2D eigenvalue weighted by Crippen LogP contribution is 2.19. The number of fused-ring (bicyclic) bond motifs is 1. The van der Waals surface area contributed by atoms with E-state index in [1.165, 1.54) is 38.7 Å². The summed E-state index contributed by atoms with van der Waals surface area (Å²) in [4.78, 5) is 65.4. The average molecular weight is 694 g/mol. The molecule has 0 saturated carbocycles. The van der Waals surface area contributed by atoms with Crippen LogP contribution in [0.15, 0.2) is 54.6 Å². The van der Waals surface area contributed by atoms with Crippen LogP contribution < -0.4 is 31.3 Å². The van der Waals surface area contributed by atoms with Crippen molar-refractivity contribution in [1.82, 2.24) is 26.6 Å². The summed E-state index contributed by atoms with van der Waals surface area (Å²) in [6.07, 6.45) is 10.4. The molecule has 2 aromatic carbocycles. The molecule has 274 valence electrons. The zero-order valence-electron chi connectivity index (χ0n) is 29.5. The van der Waals surface area contributed by atoms with Crippen LogP contribution in [-0.4, -0.2) is 78.6 Å². The van der Waals surface area contributed by atoms with Crippen molar-refractivity contribution < 1.29 is 33.8 Å². The lowest BCUT2D eigenvalue weighted by Gasteiger charge is -2.26. The van der Waals surface area contributed by atoms with E-state index in [9.17, 15) is 29.1 Å². The number of benzene rings is 2. The third-order valence-electron chi connectivity index (χ3n) is 8.68. The first-order valence-corrected chi connectivity index (χ1v) is 18.1. The Labute approximate surface area is 295 Å². The number of hydrogen-bond donors (Lipinski definition) is 6. The smallest absolute Gasteiger partial charge is 0.255 e. The lowest BCUT2D eigenvalue weighted by atomic mass is 10.0. The van der Waals surface area contributed by atoms with Crippen LogP contribution in [0, 0.1) is 0 Å². The summed E-state index contributed by atoms with van der Waals surface area (Å²) < 4.78 is 6.09. The van der Waals surface area contributed by atoms with Gasteiger partial charge >= 0.3 is 0 Å². The van der Waals surface area contributed by atoms with Gasteiger partial charge in [-0.3, -0.25) is 24.0 Å². The van der Waals surface area contributed by atoms with E-state index in [0.29, 0.717) is 38.6 Å². The predicted octanol–water partition coefficient (Wildman–Crippen LogP) is 3.31. The van der Waals surface area contributed by atoms with Gasteiger partial charge < -0.3 is 36.4 Å². The molecular formula is C38H55N5O7. The van der Waals surface area contributed by atoms with Crippen LogP contribution in [0.4, 0.5) is 0 Å². The number of aliphatic hydroxyl groups excluding tert-OH is 1. The topological polar surface area (TPSA) is 175 Å². The first-order valence-electron chi connectivity index (χ1n) is 18.1. The van der Waals surface area contributed by atoms with E-state index in [1.54, 1.807) is 18.2 Å². The van der Waals surface area contributed by atoms with Gasteiger partial charge in [0.2, 0.25) is 23.6 Å². The zero-order valence-corrected chi connectivity index (χ0v) is 29.5. The highest BCUT2D eigenvalue weighted by Gasteiger charge is 2.29. The van der Waals surface area contributed by atoms with Crippen molar-refractivity contribution in [1.29, 1.82) is 0 Å². The Balaban J connectivity index is 1.70. The summed E-state index contributed by atoms with van der Waals surface area (Å²) in [5.41, 5.74) is 1.10. The molecule has 50 heavy (non-hydrogen) atoms. The number of ether oxygens (including phenoxy) is 1. The molecule has 0 aliphatic carbocycles. The number of rotatable bonds is 16. The monoisotopic (exact) mass is 693 g/mol. The molecule has 0 bridgehead atoms. The summed E-state index contributed by atoms with van der Waals surface area (Å²) in [6.45, 7) is 3.43. The fraction of sp³-hybridized carbons (Fsp3) is 0.553. The number of para-hydroxylation sites is 1. The Morgan fingerprint density at radius 1 is 0.780 bits per heavy atom. The van der Waals surface area contributed by atoms with Crippen molar-refractivity contribution in [3.05, 3.63) is 65.7 Å². The summed E-state index contributed by atoms with van der Waals surface area (Å²) in [5.74, 6) is -2.16. The van der Waals surface area contributed by atoms with Crippen molar-refractivity contribution in [2.75, 3.05) is 19.8 Å². The lowest BCUT2D eigenvalue weighted by Crippen LogP contribution is -2.57. The number of carbonyl (C=O) groups excluding carboxylic acids is 5. The van der Waals surface area contributed by atoms with Gasteiger partial charge in [0.05, 0.1) is 18.2 Å². The summed E-state index contributed by atoms with van der Waals surface area (Å²) >= 11 is 0. The number of hydrogen-bond acceptors (Lipinski definition) is 7. The van der Waals surface area contributed by atoms with Gasteiger partial charge in [0, 0.05) is 13.0 Å². The standard InChI is InChI=1S/C38H55N5O7/c1-3-4-5-6-7-8-12-22-34(45)39-23-16-15-20-31-37(48)41-29(24-28-17-10-9-11-18-28)26-50-33-21-14-13-19-30(33)36(47)43-32(25-44)38(49)40-27(2)35(46)42-31/h9-11,13-14,17-19,21,27,29,31-32,44H,3-8,12,15-16,20,22-26H2,1-2H3,(H,39,45)(H,40,49)(H,41,48)(H,42,46)(H,43,47)/t27-,29-,31-,32-/m0/s1. The second kappa shape index (κ2) is 22.3. The Kier molecular flexibility index (Phi) is 17.8. The number of unbranched alkanes of at least 4 members (excludes halogenated alkanes) is 7. The molecule has 5 amide bonds. The largest absolute Gasteiger partial charge is 0.491 e. The fourth-order valence-corrected chi connectivity index (χ4v) is 5.73. The van der Waals surface area contributed by atoms with Crippen molar-refractivity contribution in [2.24, 2.45) is 0 Å². The van der Waals surface area contributed by atoms with E-state index < -0.39 is 54.4 Å². The second-order valence-electron chi connectivity index (χ2n) is 12.9. The van der Waals surface area contributed by atoms with Gasteiger partial charge in [-0.05, 0) is 56.7 Å². The van der Waals surface area contributed by atoms with E-state index in [-0.39, 0.29) is 23.8 Å². The molecule has 0 unspecified atom stereocenters. The van der Waals surface area contributed by atoms with Crippen LogP contribution in [0.25, 0.3) is 0 Å². The molecule has 4 atom stereocenters. The van der Waals surface area contributed by atoms with Gasteiger partial charge in [0.25, 0.3) is 5.91 Å². The minimum atomic E-state index is -1.33. The molecule has 6 N–H and O–H groups in total. The van der Waals surface area contributed by atoms with Crippen LogP contribution in [0.5, 0.6) is 5.75 Å². The van der Waals surface area contributed by atoms with Gasteiger partial charge in [-0.1, -0.05) is 87.9 Å².